The van der Waals surface area contributed by atoms with Gasteiger partial charge < -0.3 is 29.2 Å². The lowest BCUT2D eigenvalue weighted by atomic mass is 9.84. The minimum Gasteiger partial charge on any atom is -0.507 e. The molecule has 0 radical (unpaired) electrons. The lowest BCUT2D eigenvalue weighted by Gasteiger charge is -2.22. The molecule has 8 nitrogen and oxygen atoms in total. The van der Waals surface area contributed by atoms with Crippen molar-refractivity contribution in [2.45, 2.75) is 13.3 Å². The molecule has 0 fully saturated rings. The monoisotopic (exact) mass is 486 g/mol. The van der Waals surface area contributed by atoms with E-state index in [0.717, 1.165) is 5.57 Å². The number of hydrogen-bond acceptors (Lipinski definition) is 8. The minimum atomic E-state index is -0.468. The number of ether oxygens (including phenoxy) is 4. The molecule has 0 unspecified atom stereocenters. The van der Waals surface area contributed by atoms with Crippen molar-refractivity contribution in [3.05, 3.63) is 49.3 Å². The summed E-state index contributed by atoms with van der Waals surface area (Å²) in [5.74, 6) is 0.257. The summed E-state index contributed by atoms with van der Waals surface area (Å²) in [7, 11) is 5.74. The van der Waals surface area contributed by atoms with Crippen LogP contribution in [0.25, 0.3) is 49.2 Å². The predicted molar refractivity (Wildman–Crippen MR) is 138 cm³/mol. The summed E-state index contributed by atoms with van der Waals surface area (Å²) in [5.41, 5.74) is 1.09. The average Bonchev–Trinajstić information content (AvgIpc) is 3.00. The average molecular weight is 486 g/mol. The van der Waals surface area contributed by atoms with E-state index in [0.29, 0.717) is 55.6 Å². The van der Waals surface area contributed by atoms with E-state index in [2.05, 4.69) is 0 Å². The molecule has 0 aliphatic heterocycles. The fourth-order valence-corrected chi connectivity index (χ4v) is 5.90. The zero-order valence-electron chi connectivity index (χ0n) is 20.3. The number of phenols is 2. The highest BCUT2D eigenvalue weighted by atomic mass is 16.5. The molecule has 0 spiro atoms. The van der Waals surface area contributed by atoms with Gasteiger partial charge in [0, 0.05) is 50.2 Å². The van der Waals surface area contributed by atoms with Gasteiger partial charge >= 0.3 is 0 Å². The standard InChI is InChI=1S/C28H22O8/c1-10-6-11-17-18-12(7-10)28(36-5)26(32)20-14(30)9-16(34-3)22(24(18)20)21-15(33-2)8-13(29)19(23(17)21)25(31)27(11)35-4/h6,8-9,29-30H,7H2,1-5H3. The highest BCUT2D eigenvalue weighted by Crippen LogP contribution is 2.54. The maximum Gasteiger partial charge on any atom is 0.232 e. The number of hydrogen-bond donors (Lipinski definition) is 2. The molecule has 1 aliphatic rings. The molecule has 36 heavy (non-hydrogen) atoms. The van der Waals surface area contributed by atoms with Crippen LogP contribution in [0.2, 0.25) is 0 Å². The summed E-state index contributed by atoms with van der Waals surface area (Å²) in [4.78, 5) is 27.4. The molecule has 0 heterocycles. The Labute approximate surface area is 204 Å². The molecule has 0 bridgehead atoms. The first-order valence-electron chi connectivity index (χ1n) is 11.2. The van der Waals surface area contributed by atoms with Gasteiger partial charge in [0.05, 0.1) is 39.2 Å². The van der Waals surface area contributed by atoms with Gasteiger partial charge in [-0.3, -0.25) is 9.59 Å². The predicted octanol–water partition coefficient (Wildman–Crippen LogP) is 4.30. The Morgan fingerprint density at radius 3 is 1.64 bits per heavy atom. The molecule has 5 aromatic carbocycles. The zero-order chi connectivity index (χ0) is 25.6. The van der Waals surface area contributed by atoms with Crippen LogP contribution >= 0.6 is 0 Å². The molecule has 0 saturated carbocycles. The molecule has 0 atom stereocenters. The van der Waals surface area contributed by atoms with Crippen LogP contribution in [0.4, 0.5) is 0 Å². The van der Waals surface area contributed by atoms with Gasteiger partial charge in [0.15, 0.2) is 11.5 Å². The maximum absolute atomic E-state index is 13.7. The fourth-order valence-electron chi connectivity index (χ4n) is 5.90. The zero-order valence-corrected chi connectivity index (χ0v) is 20.3. The van der Waals surface area contributed by atoms with Gasteiger partial charge in [-0.15, -0.1) is 0 Å². The van der Waals surface area contributed by atoms with Crippen molar-refractivity contribution in [3.8, 4) is 34.5 Å². The van der Waals surface area contributed by atoms with Crippen LogP contribution in [-0.4, -0.2) is 38.7 Å². The minimum absolute atomic E-state index is 0.0689. The van der Waals surface area contributed by atoms with E-state index >= 15 is 0 Å². The Bertz CT molecular complexity index is 1920. The first-order valence-corrected chi connectivity index (χ1v) is 11.2. The van der Waals surface area contributed by atoms with Crippen LogP contribution in [0.1, 0.15) is 18.1 Å². The molecule has 1 aliphatic carbocycles. The second kappa shape index (κ2) is 7.27. The Balaban J connectivity index is 2.20. The summed E-state index contributed by atoms with van der Waals surface area (Å²) < 4.78 is 22.5. The van der Waals surface area contributed by atoms with Crippen LogP contribution < -0.4 is 29.8 Å². The molecule has 0 aromatic heterocycles. The van der Waals surface area contributed by atoms with Crippen molar-refractivity contribution in [1.29, 1.82) is 0 Å². The summed E-state index contributed by atoms with van der Waals surface area (Å²) in [6.45, 7) is 1.90. The Kier molecular flexibility index (Phi) is 4.45. The lowest BCUT2D eigenvalue weighted by Crippen LogP contribution is -2.13. The number of methoxy groups -OCH3 is 4. The van der Waals surface area contributed by atoms with Gasteiger partial charge in [-0.05, 0) is 18.7 Å². The molecule has 8 heteroatoms. The van der Waals surface area contributed by atoms with Crippen LogP contribution in [0, 0.1) is 0 Å². The quantitative estimate of drug-likeness (QED) is 0.286. The lowest BCUT2D eigenvalue weighted by molar-refractivity contribution is 0.406. The number of rotatable bonds is 4. The van der Waals surface area contributed by atoms with Gasteiger partial charge in [0.2, 0.25) is 10.9 Å². The van der Waals surface area contributed by atoms with Crippen molar-refractivity contribution >= 4 is 49.2 Å². The van der Waals surface area contributed by atoms with E-state index in [9.17, 15) is 19.8 Å². The normalized spacial score (nSPS) is 13.1. The molecule has 182 valence electrons. The first kappa shape index (κ1) is 22.0. The maximum atomic E-state index is 13.7. The smallest absolute Gasteiger partial charge is 0.232 e. The number of allylic oxidation sites excluding steroid dienone is 1. The number of fused-ring (bicyclic) bond motifs is 1. The molecule has 2 N–H and O–H groups in total. The SMILES string of the molecule is COc1c2c3c4c(c(OC)c(=O)c5c(O)cc(OC)c(c6c(OC)cc(O)c(c1=O)c63)c54)CC(C)=C2. The Hall–Kier alpha value is -4.46. The van der Waals surface area contributed by atoms with E-state index in [1.54, 1.807) is 0 Å². The van der Waals surface area contributed by atoms with Gasteiger partial charge in [-0.25, -0.2) is 0 Å². The molecule has 6 rings (SSSR count). The summed E-state index contributed by atoms with van der Waals surface area (Å²) in [6, 6.07) is 2.74. The van der Waals surface area contributed by atoms with Crippen molar-refractivity contribution in [2.24, 2.45) is 0 Å². The van der Waals surface area contributed by atoms with Crippen molar-refractivity contribution in [1.82, 2.24) is 0 Å². The summed E-state index contributed by atoms with van der Waals surface area (Å²) >= 11 is 0. The van der Waals surface area contributed by atoms with Gasteiger partial charge in [-0.1, -0.05) is 11.6 Å². The Morgan fingerprint density at radius 2 is 1.14 bits per heavy atom. The van der Waals surface area contributed by atoms with E-state index in [-0.39, 0.29) is 39.5 Å². The van der Waals surface area contributed by atoms with Crippen molar-refractivity contribution in [2.75, 3.05) is 28.4 Å². The number of phenolic OH excluding ortho intramolecular Hbond substituents is 2. The Morgan fingerprint density at radius 1 is 0.639 bits per heavy atom. The number of benzene rings is 5. The van der Waals surface area contributed by atoms with Crippen molar-refractivity contribution in [3.63, 3.8) is 0 Å². The second-order valence-electron chi connectivity index (χ2n) is 8.98. The van der Waals surface area contributed by atoms with Crippen LogP contribution in [0.5, 0.6) is 34.5 Å². The van der Waals surface area contributed by atoms with Gasteiger partial charge in [0.25, 0.3) is 0 Å². The molecule has 0 amide bonds. The second-order valence-corrected chi connectivity index (χ2v) is 8.98. The third-order valence-corrected chi connectivity index (χ3v) is 7.19. The summed E-state index contributed by atoms with van der Waals surface area (Å²) in [5, 5.41) is 25.3. The van der Waals surface area contributed by atoms with Crippen LogP contribution in [-0.2, 0) is 6.42 Å². The third kappa shape index (κ3) is 2.43. The van der Waals surface area contributed by atoms with E-state index < -0.39 is 10.9 Å². The molecule has 5 aromatic rings. The summed E-state index contributed by atoms with van der Waals surface area (Å²) in [6.07, 6.45) is 2.22. The van der Waals surface area contributed by atoms with E-state index in [4.69, 9.17) is 18.9 Å². The van der Waals surface area contributed by atoms with Crippen LogP contribution in [0.15, 0.2) is 27.3 Å². The highest BCUT2D eigenvalue weighted by molar-refractivity contribution is 6.39. The van der Waals surface area contributed by atoms with Gasteiger partial charge in [0.1, 0.15) is 23.0 Å². The van der Waals surface area contributed by atoms with Crippen LogP contribution in [0.3, 0.4) is 0 Å². The first-order chi connectivity index (χ1) is 17.3. The fraction of sp³-hybridized carbons (Fsp3) is 0.214. The largest absolute Gasteiger partial charge is 0.507 e. The van der Waals surface area contributed by atoms with E-state index in [1.165, 1.54) is 40.6 Å². The highest BCUT2D eigenvalue weighted by Gasteiger charge is 2.32. The molecule has 0 saturated heterocycles. The topological polar surface area (TPSA) is 112 Å². The number of aromatic hydroxyl groups is 2. The van der Waals surface area contributed by atoms with Crippen molar-refractivity contribution < 1.29 is 29.2 Å². The van der Waals surface area contributed by atoms with Gasteiger partial charge in [-0.2, -0.15) is 0 Å². The third-order valence-electron chi connectivity index (χ3n) is 7.19. The molecular formula is C28H22O8. The van der Waals surface area contributed by atoms with E-state index in [1.807, 2.05) is 13.0 Å². The molecular weight excluding hydrogens is 464 g/mol.